The van der Waals surface area contributed by atoms with Crippen molar-refractivity contribution in [3.63, 3.8) is 0 Å². The fraction of sp³-hybridized carbons (Fsp3) is 1.00. The number of aliphatic hydroxyl groups excluding tert-OH is 1. The van der Waals surface area contributed by atoms with Crippen LogP contribution in [-0.4, -0.2) is 75.3 Å². The molecule has 0 aliphatic heterocycles. The highest BCUT2D eigenvalue weighted by Gasteiger charge is 2.72. The first kappa shape index (κ1) is 35.7. The monoisotopic (exact) mass is 634 g/mol. The minimum absolute atomic E-state index is 0.426. The molecule has 0 radical (unpaired) electrons. The van der Waals surface area contributed by atoms with Crippen LogP contribution in [0.4, 0.5) is 69.2 Å². The van der Waals surface area contributed by atoms with Crippen molar-refractivity contribution in [2.24, 2.45) is 5.92 Å². The van der Waals surface area contributed by atoms with E-state index in [1.807, 2.05) is 0 Å². The summed E-state index contributed by atoms with van der Waals surface area (Å²) in [5.41, 5.74) is 0. The van der Waals surface area contributed by atoms with Crippen LogP contribution in [-0.2, 0) is 29.9 Å². The molecule has 0 aromatic carbocycles. The number of ether oxygens (including phenoxy) is 2. The second-order valence-corrected chi connectivity index (χ2v) is 9.57. The van der Waals surface area contributed by atoms with E-state index in [4.69, 9.17) is 5.11 Å². The Morgan fingerprint density at radius 3 is 1.24 bits per heavy atom. The van der Waals surface area contributed by atoms with Gasteiger partial charge in [0.2, 0.25) is 0 Å². The highest BCUT2D eigenvalue weighted by atomic mass is 32.3. The van der Waals surface area contributed by atoms with Crippen LogP contribution in [0.25, 0.3) is 0 Å². The number of aliphatic hydroxyl groups is 1. The van der Waals surface area contributed by atoms with Crippen LogP contribution < -0.4 is 0 Å². The van der Waals surface area contributed by atoms with Gasteiger partial charge in [-0.1, -0.05) is 7.77 Å². The number of hydrogen-bond acceptors (Lipinski definition) is 7. The predicted octanol–water partition coefficient (Wildman–Crippen LogP) is 4.24. The SMILES string of the molecule is CC(OC(F)(F)C(F)(F)S(=O)(=O)F)C(CC(C(O)C(F)(F)F)C(F)(F)F)OC(F)(F)C(F)(F)S(=O)(=O)F. The molecule has 4 unspecified atom stereocenters. The van der Waals surface area contributed by atoms with E-state index < -0.39 is 93.1 Å². The third kappa shape index (κ3) is 7.84. The van der Waals surface area contributed by atoms with Gasteiger partial charge in [-0.05, 0) is 13.3 Å². The molecule has 0 aromatic rings. The third-order valence-electron chi connectivity index (χ3n) is 4.07. The molecule has 0 saturated carbocycles. The molecular formula is C12H10F16O7S2. The Hall–Kier alpha value is -1.34. The average molecular weight is 634 g/mol. The Labute approximate surface area is 194 Å². The van der Waals surface area contributed by atoms with Gasteiger partial charge in [0.1, 0.15) is 0 Å². The Morgan fingerprint density at radius 2 is 0.973 bits per heavy atom. The Kier molecular flexibility index (Phi) is 9.95. The van der Waals surface area contributed by atoms with Gasteiger partial charge in [0.05, 0.1) is 18.1 Å². The normalized spacial score (nSPS) is 18.9. The van der Waals surface area contributed by atoms with Crippen molar-refractivity contribution >= 4 is 20.4 Å². The summed E-state index contributed by atoms with van der Waals surface area (Å²) in [7, 11) is -15.5. The first-order valence-corrected chi connectivity index (χ1v) is 11.1. The maximum absolute atomic E-state index is 13.6. The Morgan fingerprint density at radius 1 is 0.649 bits per heavy atom. The summed E-state index contributed by atoms with van der Waals surface area (Å²) in [6.45, 7) is -0.426. The van der Waals surface area contributed by atoms with Crippen LogP contribution >= 0.6 is 0 Å². The minimum Gasteiger partial charge on any atom is -0.383 e. The van der Waals surface area contributed by atoms with E-state index in [9.17, 15) is 86.1 Å². The molecule has 0 heterocycles. The standard InChI is InChI=1S/C12H10F16O7S2/c1-3(34-9(19,20)11(23,24)36(27,30)31)5(35-10(21,22)12(25,26)37(28,32)33)2-4(7(13,14)15)6(29)8(16,17)18/h3-6,29H,2H2,1H3. The minimum atomic E-state index is -7.80. The predicted molar refractivity (Wildman–Crippen MR) is 81.5 cm³/mol. The van der Waals surface area contributed by atoms with E-state index in [2.05, 4.69) is 9.47 Å². The Bertz CT molecular complexity index is 1000. The molecule has 37 heavy (non-hydrogen) atoms. The van der Waals surface area contributed by atoms with E-state index >= 15 is 0 Å². The smallest absolute Gasteiger partial charge is 0.383 e. The molecule has 0 rings (SSSR count). The van der Waals surface area contributed by atoms with E-state index in [1.165, 1.54) is 0 Å². The fourth-order valence-electron chi connectivity index (χ4n) is 2.18. The maximum Gasteiger partial charge on any atom is 0.464 e. The number of hydrogen-bond donors (Lipinski definition) is 1. The quantitative estimate of drug-likeness (QED) is 0.253. The molecule has 1 N–H and O–H groups in total. The maximum atomic E-state index is 13.6. The van der Waals surface area contributed by atoms with Crippen molar-refractivity contribution in [3.05, 3.63) is 0 Å². The first-order valence-electron chi connectivity index (χ1n) is 8.30. The number of rotatable bonds is 12. The molecule has 0 aliphatic rings. The molecule has 7 nitrogen and oxygen atoms in total. The van der Waals surface area contributed by atoms with Gasteiger partial charge in [0, 0.05) is 0 Å². The summed E-state index contributed by atoms with van der Waals surface area (Å²) >= 11 is 0. The lowest BCUT2D eigenvalue weighted by molar-refractivity contribution is -0.379. The number of alkyl halides is 14. The van der Waals surface area contributed by atoms with Gasteiger partial charge in [-0.25, -0.2) is 0 Å². The van der Waals surface area contributed by atoms with Gasteiger partial charge in [-0.15, -0.1) is 0 Å². The topological polar surface area (TPSA) is 107 Å². The molecule has 0 fully saturated rings. The third-order valence-corrected chi connectivity index (χ3v) is 5.77. The molecule has 224 valence electrons. The lowest BCUT2D eigenvalue weighted by Crippen LogP contribution is -2.55. The second kappa shape index (κ2) is 10.3. The first-order chi connectivity index (χ1) is 15.7. The van der Waals surface area contributed by atoms with Crippen LogP contribution in [0.15, 0.2) is 0 Å². The average Bonchev–Trinajstić information content (AvgIpc) is 2.59. The molecule has 4 atom stereocenters. The zero-order chi connectivity index (χ0) is 30.4. The molecule has 0 saturated heterocycles. The molecule has 0 bridgehead atoms. The van der Waals surface area contributed by atoms with Gasteiger partial charge < -0.3 is 14.6 Å². The van der Waals surface area contributed by atoms with Crippen molar-refractivity contribution in [2.45, 2.75) is 66.7 Å². The molecule has 0 aliphatic carbocycles. The zero-order valence-electron chi connectivity index (χ0n) is 16.8. The molecule has 0 spiro atoms. The van der Waals surface area contributed by atoms with Crippen LogP contribution in [0, 0.1) is 5.92 Å². The lowest BCUT2D eigenvalue weighted by atomic mass is 9.92. The summed E-state index contributed by atoms with van der Waals surface area (Å²) in [6.07, 6.45) is -42.3. The molecular weight excluding hydrogens is 624 g/mol. The fourth-order valence-corrected chi connectivity index (χ4v) is 2.84. The lowest BCUT2D eigenvalue weighted by Gasteiger charge is -2.36. The van der Waals surface area contributed by atoms with E-state index in [0.29, 0.717) is 0 Å². The van der Waals surface area contributed by atoms with Gasteiger partial charge >= 0.3 is 55.5 Å². The van der Waals surface area contributed by atoms with Crippen LogP contribution in [0.3, 0.4) is 0 Å². The summed E-state index contributed by atoms with van der Waals surface area (Å²) < 4.78 is 255. The van der Waals surface area contributed by atoms with Crippen molar-refractivity contribution in [3.8, 4) is 0 Å². The van der Waals surface area contributed by atoms with Gasteiger partial charge in [-0.3, -0.25) is 0 Å². The zero-order valence-corrected chi connectivity index (χ0v) is 18.4. The largest absolute Gasteiger partial charge is 0.464 e. The molecule has 0 amide bonds. The molecule has 25 heteroatoms. The van der Waals surface area contributed by atoms with Crippen molar-refractivity contribution in [1.82, 2.24) is 0 Å². The van der Waals surface area contributed by atoms with Crippen LogP contribution in [0.5, 0.6) is 0 Å². The second-order valence-electron chi connectivity index (χ2n) is 6.79. The van der Waals surface area contributed by atoms with Gasteiger partial charge in [-0.2, -0.15) is 78.3 Å². The summed E-state index contributed by atoms with van der Waals surface area (Å²) in [4.78, 5) is 0. The molecule has 0 aromatic heterocycles. The van der Waals surface area contributed by atoms with Crippen molar-refractivity contribution in [2.75, 3.05) is 0 Å². The van der Waals surface area contributed by atoms with E-state index in [0.717, 1.165) is 0 Å². The van der Waals surface area contributed by atoms with Gasteiger partial charge in [0.15, 0.2) is 6.10 Å². The van der Waals surface area contributed by atoms with E-state index in [-0.39, 0.29) is 0 Å². The highest BCUT2D eigenvalue weighted by Crippen LogP contribution is 2.47. The van der Waals surface area contributed by atoms with Gasteiger partial charge in [0.25, 0.3) is 0 Å². The van der Waals surface area contributed by atoms with Crippen molar-refractivity contribution in [1.29, 1.82) is 0 Å². The highest BCUT2D eigenvalue weighted by molar-refractivity contribution is 7.87. The van der Waals surface area contributed by atoms with Crippen LogP contribution in [0.1, 0.15) is 13.3 Å². The summed E-state index contributed by atoms with van der Waals surface area (Å²) in [5.74, 6) is -4.52. The number of halogens is 16. The Balaban J connectivity index is 6.76. The van der Waals surface area contributed by atoms with Crippen molar-refractivity contribution < 1.29 is 101 Å². The summed E-state index contributed by atoms with van der Waals surface area (Å²) in [5, 5.41) is -5.28. The van der Waals surface area contributed by atoms with Crippen LogP contribution in [0.2, 0.25) is 0 Å². The summed E-state index contributed by atoms with van der Waals surface area (Å²) in [6, 6.07) is 0. The van der Waals surface area contributed by atoms with E-state index in [1.54, 1.807) is 0 Å².